The molecule has 2 heteroatoms. The summed E-state index contributed by atoms with van der Waals surface area (Å²) in [6.45, 7) is 3.92. The van der Waals surface area contributed by atoms with E-state index in [1.54, 1.807) is 12.4 Å². The molecule has 1 heterocycles. The zero-order valence-corrected chi connectivity index (χ0v) is 9.51. The summed E-state index contributed by atoms with van der Waals surface area (Å²) in [4.78, 5) is 8.81. The topological polar surface area (TPSA) is 25.2 Å². The van der Waals surface area contributed by atoms with Crippen molar-refractivity contribution in [2.24, 2.45) is 4.99 Å². The van der Waals surface area contributed by atoms with Crippen LogP contribution in [-0.4, -0.2) is 11.2 Å². The molecule has 16 heavy (non-hydrogen) atoms. The number of aromatic nitrogens is 1. The third-order valence-electron chi connectivity index (χ3n) is 2.38. The predicted molar refractivity (Wildman–Crippen MR) is 70.3 cm³/mol. The molecule has 2 aromatic rings. The second-order valence-corrected chi connectivity index (χ2v) is 3.47. The van der Waals surface area contributed by atoms with E-state index in [9.17, 15) is 0 Å². The van der Waals surface area contributed by atoms with E-state index < -0.39 is 0 Å². The summed E-state index contributed by atoms with van der Waals surface area (Å²) in [6.07, 6.45) is 7.67. The fourth-order valence-corrected chi connectivity index (χ4v) is 1.72. The Morgan fingerprint density at radius 2 is 2.06 bits per heavy atom. The minimum atomic E-state index is 0.943. The van der Waals surface area contributed by atoms with Crippen molar-refractivity contribution >= 4 is 28.9 Å². The van der Waals surface area contributed by atoms with E-state index in [0.29, 0.717) is 0 Å². The first-order valence-corrected chi connectivity index (χ1v) is 5.36. The van der Waals surface area contributed by atoms with Gasteiger partial charge in [-0.05, 0) is 19.9 Å². The van der Waals surface area contributed by atoms with Crippen LogP contribution in [0, 0.1) is 0 Å². The van der Waals surface area contributed by atoms with Crippen LogP contribution in [0.2, 0.25) is 0 Å². The van der Waals surface area contributed by atoms with Crippen LogP contribution in [-0.2, 0) is 0 Å². The number of fused-ring (bicyclic) bond motifs is 1. The molecule has 0 aliphatic heterocycles. The molecule has 80 valence electrons. The quantitative estimate of drug-likeness (QED) is 0.688. The second-order valence-electron chi connectivity index (χ2n) is 3.47. The highest BCUT2D eigenvalue weighted by Crippen LogP contribution is 2.29. The van der Waals surface area contributed by atoms with Gasteiger partial charge in [0.15, 0.2) is 0 Å². The Morgan fingerprint density at radius 3 is 2.81 bits per heavy atom. The van der Waals surface area contributed by atoms with Crippen molar-refractivity contribution < 1.29 is 0 Å². The zero-order valence-electron chi connectivity index (χ0n) is 9.51. The lowest BCUT2D eigenvalue weighted by Gasteiger charge is -2.04. The largest absolute Gasteiger partial charge is 0.259 e. The fraction of sp³-hybridized carbons (Fsp3) is 0.143. The maximum atomic E-state index is 4.41. The zero-order chi connectivity index (χ0) is 11.4. The van der Waals surface area contributed by atoms with Gasteiger partial charge in [-0.15, -0.1) is 0 Å². The summed E-state index contributed by atoms with van der Waals surface area (Å²) >= 11 is 0. The summed E-state index contributed by atoms with van der Waals surface area (Å²) in [7, 11) is 0. The number of nitrogens with zero attached hydrogens (tertiary/aromatic N) is 2. The van der Waals surface area contributed by atoms with Gasteiger partial charge in [-0.2, -0.15) is 0 Å². The van der Waals surface area contributed by atoms with Gasteiger partial charge in [-0.25, -0.2) is 0 Å². The molecule has 0 aliphatic carbocycles. The Hall–Kier alpha value is -1.96. The van der Waals surface area contributed by atoms with Crippen LogP contribution in [0.4, 0.5) is 5.69 Å². The second kappa shape index (κ2) is 4.71. The number of allylic oxidation sites excluding steroid dienone is 1. The van der Waals surface area contributed by atoms with E-state index in [4.69, 9.17) is 0 Å². The van der Waals surface area contributed by atoms with Gasteiger partial charge in [-0.3, -0.25) is 9.98 Å². The third-order valence-corrected chi connectivity index (χ3v) is 2.38. The van der Waals surface area contributed by atoms with Crippen molar-refractivity contribution in [2.45, 2.75) is 13.8 Å². The Morgan fingerprint density at radius 1 is 1.19 bits per heavy atom. The van der Waals surface area contributed by atoms with Gasteiger partial charge in [0.05, 0.1) is 11.2 Å². The predicted octanol–water partition coefficient (Wildman–Crippen LogP) is 3.99. The normalized spacial score (nSPS) is 11.9. The van der Waals surface area contributed by atoms with Crippen LogP contribution in [0.15, 0.2) is 41.5 Å². The molecule has 0 atom stereocenters. The SMILES string of the molecule is CC=Nc1c(/C=C\C)ccc2cccnc12. The summed E-state index contributed by atoms with van der Waals surface area (Å²) in [5.74, 6) is 0. The van der Waals surface area contributed by atoms with E-state index in [-0.39, 0.29) is 0 Å². The highest BCUT2D eigenvalue weighted by atomic mass is 14.8. The van der Waals surface area contributed by atoms with E-state index in [0.717, 1.165) is 22.2 Å². The van der Waals surface area contributed by atoms with Crippen LogP contribution in [0.1, 0.15) is 19.4 Å². The standard InChI is InChI=1S/C14H14N2/c1-3-6-11-8-9-12-7-5-10-16-14(12)13(11)15-4-2/h3-10H,1-2H3/b6-3-,15-4?. The molecule has 2 nitrogen and oxygen atoms in total. The molecule has 0 radical (unpaired) electrons. The van der Waals surface area contributed by atoms with Gasteiger partial charge in [-0.1, -0.05) is 30.4 Å². The van der Waals surface area contributed by atoms with Gasteiger partial charge in [0.1, 0.15) is 0 Å². The molecular formula is C14H14N2. The first kappa shape index (κ1) is 10.6. The van der Waals surface area contributed by atoms with E-state index >= 15 is 0 Å². The van der Waals surface area contributed by atoms with E-state index in [1.165, 1.54) is 0 Å². The Balaban J connectivity index is 2.78. The lowest BCUT2D eigenvalue weighted by molar-refractivity contribution is 1.39. The molecule has 0 fully saturated rings. The molecule has 0 amide bonds. The Kier molecular flexibility index (Phi) is 3.10. The Bertz CT molecular complexity index is 554. The van der Waals surface area contributed by atoms with Crippen molar-refractivity contribution in [1.29, 1.82) is 0 Å². The van der Waals surface area contributed by atoms with Crippen molar-refractivity contribution in [3.05, 3.63) is 42.1 Å². The lowest BCUT2D eigenvalue weighted by atomic mass is 10.1. The van der Waals surface area contributed by atoms with E-state index in [1.807, 2.05) is 26.0 Å². The highest BCUT2D eigenvalue weighted by Gasteiger charge is 2.04. The molecule has 0 spiro atoms. The minimum Gasteiger partial charge on any atom is -0.259 e. The average molecular weight is 210 g/mol. The third kappa shape index (κ3) is 1.87. The van der Waals surface area contributed by atoms with Crippen molar-refractivity contribution in [2.75, 3.05) is 0 Å². The molecule has 2 rings (SSSR count). The van der Waals surface area contributed by atoms with Crippen LogP contribution in [0.5, 0.6) is 0 Å². The van der Waals surface area contributed by atoms with Gasteiger partial charge < -0.3 is 0 Å². The molecule has 0 saturated heterocycles. The van der Waals surface area contributed by atoms with Gasteiger partial charge >= 0.3 is 0 Å². The summed E-state index contributed by atoms with van der Waals surface area (Å²) in [6, 6.07) is 8.15. The lowest BCUT2D eigenvalue weighted by Crippen LogP contribution is -1.82. The number of benzene rings is 1. The van der Waals surface area contributed by atoms with Crippen LogP contribution in [0.3, 0.4) is 0 Å². The van der Waals surface area contributed by atoms with Crippen LogP contribution in [0.25, 0.3) is 17.0 Å². The van der Waals surface area contributed by atoms with Crippen molar-refractivity contribution in [3.63, 3.8) is 0 Å². The van der Waals surface area contributed by atoms with Crippen molar-refractivity contribution in [3.8, 4) is 0 Å². The Labute approximate surface area is 95.4 Å². The summed E-state index contributed by atoms with van der Waals surface area (Å²) in [5, 5.41) is 1.12. The molecule has 1 aromatic carbocycles. The molecule has 0 saturated carbocycles. The summed E-state index contributed by atoms with van der Waals surface area (Å²) < 4.78 is 0. The molecule has 0 N–H and O–H groups in total. The number of aliphatic imine (C=N–C) groups is 1. The fourth-order valence-electron chi connectivity index (χ4n) is 1.72. The maximum Gasteiger partial charge on any atom is 0.0964 e. The van der Waals surface area contributed by atoms with Crippen LogP contribution >= 0.6 is 0 Å². The smallest absolute Gasteiger partial charge is 0.0964 e. The number of pyridine rings is 1. The van der Waals surface area contributed by atoms with Gasteiger partial charge in [0.25, 0.3) is 0 Å². The number of hydrogen-bond donors (Lipinski definition) is 0. The molecule has 0 bridgehead atoms. The average Bonchev–Trinajstić information content (AvgIpc) is 2.32. The van der Waals surface area contributed by atoms with Crippen LogP contribution < -0.4 is 0 Å². The summed E-state index contributed by atoms with van der Waals surface area (Å²) in [5.41, 5.74) is 3.00. The maximum absolute atomic E-state index is 4.41. The van der Waals surface area contributed by atoms with Crippen molar-refractivity contribution in [1.82, 2.24) is 4.98 Å². The first-order chi connectivity index (χ1) is 7.86. The van der Waals surface area contributed by atoms with Gasteiger partial charge in [0.2, 0.25) is 0 Å². The molecule has 0 aliphatic rings. The molecule has 0 unspecified atom stereocenters. The van der Waals surface area contributed by atoms with E-state index in [2.05, 4.69) is 34.3 Å². The minimum absolute atomic E-state index is 0.943. The highest BCUT2D eigenvalue weighted by molar-refractivity contribution is 5.94. The number of hydrogen-bond acceptors (Lipinski definition) is 2. The monoisotopic (exact) mass is 210 g/mol. The molecule has 1 aromatic heterocycles. The van der Waals surface area contributed by atoms with Gasteiger partial charge in [0, 0.05) is 23.4 Å². The number of rotatable bonds is 2. The first-order valence-electron chi connectivity index (χ1n) is 5.36. The molecular weight excluding hydrogens is 196 g/mol.